The van der Waals surface area contributed by atoms with Crippen molar-refractivity contribution < 1.29 is 36.6 Å². The molecule has 31 heavy (non-hydrogen) atoms. The normalized spacial score (nSPS) is 11.3. The van der Waals surface area contributed by atoms with Crippen molar-refractivity contribution in [2.75, 3.05) is 33.9 Å². The summed E-state index contributed by atoms with van der Waals surface area (Å²) in [5.74, 6) is -1.92. The van der Waals surface area contributed by atoms with Gasteiger partial charge in [-0.05, 0) is 36.4 Å². The molecule has 0 amide bonds. The zero-order valence-corrected chi connectivity index (χ0v) is 18.5. The summed E-state index contributed by atoms with van der Waals surface area (Å²) in [5.41, 5.74) is -0.378. The lowest BCUT2D eigenvalue weighted by molar-refractivity contribution is 0.0469. The van der Waals surface area contributed by atoms with Crippen molar-refractivity contribution in [2.24, 2.45) is 0 Å². The van der Waals surface area contributed by atoms with E-state index in [-0.39, 0.29) is 23.5 Å². The lowest BCUT2D eigenvalue weighted by Gasteiger charge is -2.18. The van der Waals surface area contributed by atoms with E-state index in [2.05, 4.69) is 0 Å². The Kier molecular flexibility index (Phi) is 8.12. The minimum absolute atomic E-state index is 0.198. The molecule has 2 aromatic rings. The van der Waals surface area contributed by atoms with Gasteiger partial charge in [-0.3, -0.25) is 4.79 Å². The fourth-order valence-electron chi connectivity index (χ4n) is 2.84. The summed E-state index contributed by atoms with van der Waals surface area (Å²) in [4.78, 5) is 24.5. The van der Waals surface area contributed by atoms with Crippen LogP contribution in [0.1, 0.15) is 34.6 Å². The number of benzene rings is 2. The van der Waals surface area contributed by atoms with Crippen LogP contribution < -0.4 is 9.47 Å². The molecule has 0 saturated heterocycles. The number of hydrogen-bond donors (Lipinski definition) is 0. The van der Waals surface area contributed by atoms with Crippen molar-refractivity contribution in [1.82, 2.24) is 4.31 Å². The Bertz CT molecular complexity index is 1070. The molecule has 0 aliphatic carbocycles. The third-order valence-corrected chi connectivity index (χ3v) is 6.59. The van der Waals surface area contributed by atoms with Crippen LogP contribution in [0.15, 0.2) is 41.3 Å². The van der Waals surface area contributed by atoms with Crippen LogP contribution in [0.4, 0.5) is 4.39 Å². The Balaban J connectivity index is 2.20. The Morgan fingerprint density at radius 1 is 0.968 bits per heavy atom. The molecule has 0 heterocycles. The third kappa shape index (κ3) is 5.39. The van der Waals surface area contributed by atoms with Gasteiger partial charge in [0.05, 0.1) is 24.7 Å². The smallest absolute Gasteiger partial charge is 0.341 e. The van der Waals surface area contributed by atoms with E-state index in [1.165, 1.54) is 36.7 Å². The summed E-state index contributed by atoms with van der Waals surface area (Å²) >= 11 is 0. The summed E-state index contributed by atoms with van der Waals surface area (Å²) in [6, 6.07) is 7.28. The van der Waals surface area contributed by atoms with E-state index in [1.807, 2.05) is 0 Å². The first-order valence-electron chi connectivity index (χ1n) is 9.41. The van der Waals surface area contributed by atoms with Crippen molar-refractivity contribution in [3.05, 3.63) is 53.3 Å². The molecular weight excluding hydrogens is 429 g/mol. The molecule has 2 rings (SSSR count). The van der Waals surface area contributed by atoms with Gasteiger partial charge in [-0.1, -0.05) is 13.8 Å². The summed E-state index contributed by atoms with van der Waals surface area (Å²) in [7, 11) is -1.04. The molecule has 8 nitrogen and oxygen atoms in total. The zero-order valence-electron chi connectivity index (χ0n) is 17.7. The van der Waals surface area contributed by atoms with Crippen LogP contribution >= 0.6 is 0 Å². The highest BCUT2D eigenvalue weighted by Crippen LogP contribution is 2.27. The average Bonchev–Trinajstić information content (AvgIpc) is 2.77. The van der Waals surface area contributed by atoms with E-state index in [0.29, 0.717) is 11.5 Å². The van der Waals surface area contributed by atoms with Crippen LogP contribution in [0.25, 0.3) is 0 Å². The maximum Gasteiger partial charge on any atom is 0.341 e. The molecular formula is C21H24FNO7S. The van der Waals surface area contributed by atoms with Crippen LogP contribution in [0.3, 0.4) is 0 Å². The van der Waals surface area contributed by atoms with Gasteiger partial charge in [0.2, 0.25) is 10.0 Å². The van der Waals surface area contributed by atoms with Gasteiger partial charge in [0, 0.05) is 18.7 Å². The molecule has 10 heteroatoms. The largest absolute Gasteiger partial charge is 0.493 e. The molecule has 0 aliphatic rings. The number of nitrogens with zero attached hydrogens (tertiary/aromatic N) is 1. The number of methoxy groups -OCH3 is 2. The van der Waals surface area contributed by atoms with Gasteiger partial charge in [0.25, 0.3) is 0 Å². The number of carbonyl (C=O) groups is 2. The van der Waals surface area contributed by atoms with E-state index < -0.39 is 39.8 Å². The molecule has 0 unspecified atom stereocenters. The monoisotopic (exact) mass is 453 g/mol. The zero-order chi connectivity index (χ0) is 23.2. The molecule has 0 fully saturated rings. The molecule has 0 saturated carbocycles. The van der Waals surface area contributed by atoms with Crippen LogP contribution in [0.2, 0.25) is 0 Å². The Hall–Kier alpha value is -2.98. The molecule has 0 N–H and O–H groups in total. The molecule has 0 atom stereocenters. The predicted molar refractivity (Wildman–Crippen MR) is 111 cm³/mol. The second-order valence-electron chi connectivity index (χ2n) is 6.30. The van der Waals surface area contributed by atoms with Crippen molar-refractivity contribution >= 4 is 21.8 Å². The quantitative estimate of drug-likeness (QED) is 0.403. The van der Waals surface area contributed by atoms with Gasteiger partial charge in [0.1, 0.15) is 5.82 Å². The van der Waals surface area contributed by atoms with E-state index in [9.17, 15) is 22.4 Å². The summed E-state index contributed by atoms with van der Waals surface area (Å²) in [5, 5.41) is 0. The van der Waals surface area contributed by atoms with Gasteiger partial charge in [-0.25, -0.2) is 17.6 Å². The molecule has 168 valence electrons. The number of sulfonamides is 1. The fourth-order valence-corrected chi connectivity index (χ4v) is 4.32. The number of ketones is 1. The van der Waals surface area contributed by atoms with Crippen molar-refractivity contribution in [3.8, 4) is 11.5 Å². The molecule has 0 spiro atoms. The number of ether oxygens (including phenoxy) is 3. The molecule has 0 radical (unpaired) electrons. The van der Waals surface area contributed by atoms with Gasteiger partial charge < -0.3 is 14.2 Å². The number of esters is 1. The first kappa shape index (κ1) is 24.3. The maximum atomic E-state index is 14.2. The Morgan fingerprint density at radius 3 is 2.19 bits per heavy atom. The maximum absolute atomic E-state index is 14.2. The van der Waals surface area contributed by atoms with Crippen LogP contribution in [-0.2, 0) is 14.8 Å². The lowest BCUT2D eigenvalue weighted by Crippen LogP contribution is -2.30. The minimum Gasteiger partial charge on any atom is -0.493 e. The van der Waals surface area contributed by atoms with Crippen LogP contribution in [0, 0.1) is 5.82 Å². The number of halogens is 1. The highest BCUT2D eigenvalue weighted by atomic mass is 32.2. The van der Waals surface area contributed by atoms with Crippen LogP contribution in [-0.4, -0.2) is 58.4 Å². The SMILES string of the molecule is CCN(CC)S(=O)(=O)c1ccc(F)c(C(=O)OCC(=O)c2ccc(OC)c(OC)c2)c1. The number of carbonyl (C=O) groups excluding carboxylic acids is 2. The second kappa shape index (κ2) is 10.4. The molecule has 0 bridgehead atoms. The number of rotatable bonds is 10. The van der Waals surface area contributed by atoms with Crippen molar-refractivity contribution in [2.45, 2.75) is 18.7 Å². The molecule has 0 aliphatic heterocycles. The number of Topliss-reactive ketones (excluding diaryl/α,β-unsaturated/α-hetero) is 1. The van der Waals surface area contributed by atoms with E-state index >= 15 is 0 Å². The lowest BCUT2D eigenvalue weighted by atomic mass is 10.1. The minimum atomic E-state index is -3.90. The summed E-state index contributed by atoms with van der Waals surface area (Å²) in [6.07, 6.45) is 0. The molecule has 2 aromatic carbocycles. The Morgan fingerprint density at radius 2 is 1.61 bits per heavy atom. The van der Waals surface area contributed by atoms with E-state index in [0.717, 1.165) is 18.2 Å². The summed E-state index contributed by atoms with van der Waals surface area (Å²) < 4.78 is 55.7. The highest BCUT2D eigenvalue weighted by Gasteiger charge is 2.25. The average molecular weight is 453 g/mol. The van der Waals surface area contributed by atoms with Crippen molar-refractivity contribution in [3.63, 3.8) is 0 Å². The van der Waals surface area contributed by atoms with E-state index in [4.69, 9.17) is 14.2 Å². The molecule has 0 aromatic heterocycles. The van der Waals surface area contributed by atoms with Crippen molar-refractivity contribution in [1.29, 1.82) is 0 Å². The van der Waals surface area contributed by atoms with Gasteiger partial charge in [-0.15, -0.1) is 0 Å². The second-order valence-corrected chi connectivity index (χ2v) is 8.24. The van der Waals surface area contributed by atoms with E-state index in [1.54, 1.807) is 13.8 Å². The third-order valence-electron chi connectivity index (χ3n) is 4.54. The van der Waals surface area contributed by atoms with Gasteiger partial charge in [-0.2, -0.15) is 4.31 Å². The predicted octanol–water partition coefficient (Wildman–Crippen LogP) is 2.91. The highest BCUT2D eigenvalue weighted by molar-refractivity contribution is 7.89. The van der Waals surface area contributed by atoms with Gasteiger partial charge >= 0.3 is 5.97 Å². The van der Waals surface area contributed by atoms with Gasteiger partial charge in [0.15, 0.2) is 23.9 Å². The first-order valence-corrected chi connectivity index (χ1v) is 10.9. The number of hydrogen-bond acceptors (Lipinski definition) is 7. The Labute approximate surface area is 180 Å². The topological polar surface area (TPSA) is 99.2 Å². The summed E-state index contributed by atoms with van der Waals surface area (Å²) in [6.45, 7) is 3.10. The standard InChI is InChI=1S/C21H24FNO7S/c1-5-23(6-2)31(26,27)15-8-9-17(22)16(12-15)21(25)30-13-18(24)14-7-10-19(28-3)20(11-14)29-4/h7-12H,5-6,13H2,1-4H3. The first-order chi connectivity index (χ1) is 14.7. The fraction of sp³-hybridized carbons (Fsp3) is 0.333. The van der Waals surface area contributed by atoms with Crippen LogP contribution in [0.5, 0.6) is 11.5 Å².